The van der Waals surface area contributed by atoms with Gasteiger partial charge in [0.2, 0.25) is 11.6 Å². The Bertz CT molecular complexity index is 751. The summed E-state index contributed by atoms with van der Waals surface area (Å²) in [5, 5.41) is 24.9. The Hall–Kier alpha value is -3.50. The third-order valence-electron chi connectivity index (χ3n) is 3.23. The zero-order valence-electron chi connectivity index (χ0n) is 13.4. The van der Waals surface area contributed by atoms with E-state index in [1.807, 2.05) is 6.92 Å². The molecule has 1 heterocycles. The van der Waals surface area contributed by atoms with Gasteiger partial charge in [-0.05, 0) is 18.6 Å². The second kappa shape index (κ2) is 8.38. The summed E-state index contributed by atoms with van der Waals surface area (Å²) in [5.74, 6) is 0.110. The van der Waals surface area contributed by atoms with Gasteiger partial charge in [-0.25, -0.2) is 9.97 Å². The number of hydrogen-bond donors (Lipinski definition) is 3. The summed E-state index contributed by atoms with van der Waals surface area (Å²) in [6, 6.07) is 5.57. The Kier molecular flexibility index (Phi) is 5.98. The van der Waals surface area contributed by atoms with E-state index in [1.54, 1.807) is 0 Å². The lowest BCUT2D eigenvalue weighted by Gasteiger charge is -2.11. The highest BCUT2D eigenvalue weighted by Crippen LogP contribution is 2.29. The van der Waals surface area contributed by atoms with Gasteiger partial charge in [-0.15, -0.1) is 0 Å². The van der Waals surface area contributed by atoms with Crippen molar-refractivity contribution in [2.75, 3.05) is 22.7 Å². The summed E-state index contributed by atoms with van der Waals surface area (Å²) in [5.41, 5.74) is 5.51. The van der Waals surface area contributed by atoms with Gasteiger partial charge in [0.05, 0.1) is 15.5 Å². The van der Waals surface area contributed by atoms with Gasteiger partial charge in [-0.3, -0.25) is 31.1 Å². The summed E-state index contributed by atoms with van der Waals surface area (Å²) in [6.07, 6.45) is 3.00. The van der Waals surface area contributed by atoms with Crippen molar-refractivity contribution in [1.82, 2.24) is 9.97 Å². The fourth-order valence-electron chi connectivity index (χ4n) is 1.95. The number of non-ortho nitro benzene ring substituents is 1. The van der Waals surface area contributed by atoms with Crippen molar-refractivity contribution < 1.29 is 9.85 Å². The number of nitrogens with one attached hydrogen (secondary N) is 3. The van der Waals surface area contributed by atoms with Crippen molar-refractivity contribution in [2.45, 2.75) is 19.8 Å². The number of nitro groups is 2. The van der Waals surface area contributed by atoms with Gasteiger partial charge >= 0.3 is 5.69 Å². The van der Waals surface area contributed by atoms with Crippen LogP contribution in [0.5, 0.6) is 0 Å². The van der Waals surface area contributed by atoms with Crippen molar-refractivity contribution in [3.05, 3.63) is 50.8 Å². The predicted molar refractivity (Wildman–Crippen MR) is 92.4 cm³/mol. The van der Waals surface area contributed by atoms with Gasteiger partial charge in [0, 0.05) is 18.7 Å². The first-order valence-corrected chi connectivity index (χ1v) is 7.52. The van der Waals surface area contributed by atoms with Gasteiger partial charge < -0.3 is 5.32 Å². The molecular weight excluding hydrogens is 330 g/mol. The molecule has 0 spiro atoms. The van der Waals surface area contributed by atoms with Crippen molar-refractivity contribution >= 4 is 28.7 Å². The number of hydrazine groups is 1. The molecule has 0 aliphatic carbocycles. The maximum Gasteiger partial charge on any atom is 0.354 e. The molecule has 0 aliphatic rings. The van der Waals surface area contributed by atoms with Crippen molar-refractivity contribution in [2.24, 2.45) is 0 Å². The molecule has 1 aromatic heterocycles. The average Bonchev–Trinajstić information content (AvgIpc) is 2.60. The maximum atomic E-state index is 11.3. The minimum Gasteiger partial charge on any atom is -0.364 e. The van der Waals surface area contributed by atoms with E-state index in [2.05, 4.69) is 26.1 Å². The molecule has 3 N–H and O–H groups in total. The zero-order chi connectivity index (χ0) is 18.2. The molecule has 11 nitrogen and oxygen atoms in total. The first-order chi connectivity index (χ1) is 12.0. The lowest BCUT2D eigenvalue weighted by atomic mass is 10.3. The second-order valence-electron chi connectivity index (χ2n) is 5.01. The van der Waals surface area contributed by atoms with E-state index in [0.717, 1.165) is 12.8 Å². The first-order valence-electron chi connectivity index (χ1n) is 7.52. The number of benzene rings is 1. The fourth-order valence-corrected chi connectivity index (χ4v) is 1.95. The summed E-state index contributed by atoms with van der Waals surface area (Å²) >= 11 is 0. The molecule has 0 unspecified atom stereocenters. The first kappa shape index (κ1) is 17.8. The van der Waals surface area contributed by atoms with Crippen molar-refractivity contribution in [3.63, 3.8) is 0 Å². The van der Waals surface area contributed by atoms with Crippen molar-refractivity contribution in [3.8, 4) is 0 Å². The molecule has 0 fully saturated rings. The van der Waals surface area contributed by atoms with Gasteiger partial charge in [-0.1, -0.05) is 13.3 Å². The van der Waals surface area contributed by atoms with Crippen LogP contribution in [0.3, 0.4) is 0 Å². The molecule has 2 aromatic rings. The van der Waals surface area contributed by atoms with Crippen LogP contribution >= 0.6 is 0 Å². The Morgan fingerprint density at radius 2 is 1.68 bits per heavy atom. The SMILES string of the molecule is CCCCNc1ncnc(NNc2ccc([N+](=O)[O-])cc2)c1[N+](=O)[O-]. The third kappa shape index (κ3) is 4.73. The fraction of sp³-hybridized carbons (Fsp3) is 0.286. The third-order valence-corrected chi connectivity index (χ3v) is 3.23. The second-order valence-corrected chi connectivity index (χ2v) is 5.01. The molecule has 0 aliphatic heterocycles. The molecule has 2 rings (SSSR count). The van der Waals surface area contributed by atoms with E-state index < -0.39 is 9.85 Å². The maximum absolute atomic E-state index is 11.3. The Labute approximate surface area is 142 Å². The minimum atomic E-state index is -0.575. The van der Waals surface area contributed by atoms with Crippen LogP contribution in [0, 0.1) is 20.2 Å². The highest BCUT2D eigenvalue weighted by atomic mass is 16.6. The standard InChI is InChI=1S/C14H17N7O4/c1-2-3-8-15-13-12(21(24)25)14(17-9-16-13)19-18-10-4-6-11(7-5-10)20(22)23/h4-7,9,18H,2-3,8H2,1H3,(H2,15,16,17,19). The smallest absolute Gasteiger partial charge is 0.354 e. The van der Waals surface area contributed by atoms with Crippen LogP contribution in [-0.2, 0) is 0 Å². The molecular formula is C14H17N7O4. The summed E-state index contributed by atoms with van der Waals surface area (Å²) in [6.45, 7) is 2.57. The van der Waals surface area contributed by atoms with Crippen LogP contribution in [0.4, 0.5) is 28.7 Å². The van der Waals surface area contributed by atoms with E-state index in [1.165, 1.54) is 30.6 Å². The monoisotopic (exact) mass is 347 g/mol. The number of nitro benzene ring substituents is 1. The van der Waals surface area contributed by atoms with E-state index in [4.69, 9.17) is 0 Å². The number of anilines is 3. The van der Waals surface area contributed by atoms with E-state index in [9.17, 15) is 20.2 Å². The molecule has 0 saturated carbocycles. The Morgan fingerprint density at radius 1 is 1.00 bits per heavy atom. The lowest BCUT2D eigenvalue weighted by molar-refractivity contribution is -0.384. The number of unbranched alkanes of at least 4 members (excludes halogenated alkanes) is 1. The minimum absolute atomic E-state index is 0.0163. The molecule has 1 aromatic carbocycles. The average molecular weight is 347 g/mol. The summed E-state index contributed by atoms with van der Waals surface area (Å²) in [7, 11) is 0. The van der Waals surface area contributed by atoms with E-state index in [0.29, 0.717) is 12.2 Å². The van der Waals surface area contributed by atoms with Crippen LogP contribution in [0.15, 0.2) is 30.6 Å². The summed E-state index contributed by atoms with van der Waals surface area (Å²) < 4.78 is 0. The number of aromatic nitrogens is 2. The van der Waals surface area contributed by atoms with Crippen LogP contribution in [0.2, 0.25) is 0 Å². The number of nitrogens with zero attached hydrogens (tertiary/aromatic N) is 4. The molecule has 0 bridgehead atoms. The molecule has 0 radical (unpaired) electrons. The van der Waals surface area contributed by atoms with E-state index >= 15 is 0 Å². The van der Waals surface area contributed by atoms with Gasteiger partial charge in [0.25, 0.3) is 5.69 Å². The van der Waals surface area contributed by atoms with Gasteiger partial charge in [0.1, 0.15) is 6.33 Å². The quantitative estimate of drug-likeness (QED) is 0.353. The topological polar surface area (TPSA) is 148 Å². The largest absolute Gasteiger partial charge is 0.364 e. The number of rotatable bonds is 9. The van der Waals surface area contributed by atoms with Crippen LogP contribution < -0.4 is 16.2 Å². The predicted octanol–water partition coefficient (Wildman–Crippen LogP) is 2.94. The molecule has 25 heavy (non-hydrogen) atoms. The van der Waals surface area contributed by atoms with Crippen LogP contribution in [0.25, 0.3) is 0 Å². The molecule has 0 atom stereocenters. The van der Waals surface area contributed by atoms with Gasteiger partial charge in [0.15, 0.2) is 0 Å². The lowest BCUT2D eigenvalue weighted by Crippen LogP contribution is -2.14. The highest BCUT2D eigenvalue weighted by Gasteiger charge is 2.22. The summed E-state index contributed by atoms with van der Waals surface area (Å²) in [4.78, 5) is 28.7. The molecule has 11 heteroatoms. The van der Waals surface area contributed by atoms with Crippen molar-refractivity contribution in [1.29, 1.82) is 0 Å². The highest BCUT2D eigenvalue weighted by molar-refractivity contribution is 5.70. The number of hydrogen-bond acceptors (Lipinski definition) is 9. The van der Waals surface area contributed by atoms with Crippen LogP contribution in [0.1, 0.15) is 19.8 Å². The van der Waals surface area contributed by atoms with Crippen LogP contribution in [-0.4, -0.2) is 26.4 Å². The molecule has 132 valence electrons. The molecule has 0 amide bonds. The normalized spacial score (nSPS) is 10.1. The molecule has 0 saturated heterocycles. The van der Waals surface area contributed by atoms with Gasteiger partial charge in [-0.2, -0.15) is 0 Å². The zero-order valence-corrected chi connectivity index (χ0v) is 13.4. The van der Waals surface area contributed by atoms with E-state index in [-0.39, 0.29) is 23.0 Å². The Balaban J connectivity index is 2.13. The Morgan fingerprint density at radius 3 is 2.28 bits per heavy atom.